The van der Waals surface area contributed by atoms with E-state index in [1.165, 1.54) is 0 Å². The fourth-order valence-electron chi connectivity index (χ4n) is 2.13. The maximum atomic E-state index is 4.58. The van der Waals surface area contributed by atoms with E-state index in [1.54, 1.807) is 22.7 Å². The number of aryl methyl sites for hydroxylation is 2. The van der Waals surface area contributed by atoms with Crippen molar-refractivity contribution in [1.82, 2.24) is 9.97 Å². The highest BCUT2D eigenvalue weighted by Gasteiger charge is 2.08. The summed E-state index contributed by atoms with van der Waals surface area (Å²) >= 11 is 6.64. The molecule has 0 aliphatic heterocycles. The van der Waals surface area contributed by atoms with E-state index in [1.807, 2.05) is 50.4 Å². The molecule has 118 valence electrons. The number of nitrogens with one attached hydrogen (secondary N) is 1. The van der Waals surface area contributed by atoms with Crippen LogP contribution in [0.25, 0.3) is 11.3 Å². The third-order valence-corrected chi connectivity index (χ3v) is 5.65. The molecule has 0 aliphatic rings. The van der Waals surface area contributed by atoms with Gasteiger partial charge in [0.25, 0.3) is 0 Å². The van der Waals surface area contributed by atoms with E-state index in [4.69, 9.17) is 0 Å². The molecule has 0 radical (unpaired) electrons. The Labute approximate surface area is 151 Å². The molecule has 0 saturated heterocycles. The number of rotatable bonds is 4. The summed E-state index contributed by atoms with van der Waals surface area (Å²) in [6.07, 6.45) is 0. The van der Waals surface area contributed by atoms with Gasteiger partial charge in [-0.1, -0.05) is 28.1 Å². The molecule has 0 atom stereocenters. The van der Waals surface area contributed by atoms with E-state index in [2.05, 4.69) is 36.4 Å². The van der Waals surface area contributed by atoms with Crippen LogP contribution in [0.3, 0.4) is 0 Å². The van der Waals surface area contributed by atoms with Crippen molar-refractivity contribution in [1.29, 1.82) is 0 Å². The topological polar surface area (TPSA) is 50.2 Å². The summed E-state index contributed by atoms with van der Waals surface area (Å²) in [5.41, 5.74) is 7.03. The molecular formula is C16H15BrN4S2. The standard InChI is InChI=1S/C16H15BrN4S2/c1-9-15(23-11(3)18-9)10(2)20-21-16-19-14(8-22-16)12-4-6-13(17)7-5-12/h4-8H,1-3H3,(H,19,21)/b20-10+. The van der Waals surface area contributed by atoms with Gasteiger partial charge < -0.3 is 0 Å². The lowest BCUT2D eigenvalue weighted by Crippen LogP contribution is -1.99. The summed E-state index contributed by atoms with van der Waals surface area (Å²) in [6, 6.07) is 8.11. The first kappa shape index (κ1) is 16.3. The van der Waals surface area contributed by atoms with Gasteiger partial charge in [-0.05, 0) is 32.9 Å². The first-order chi connectivity index (χ1) is 11.0. The van der Waals surface area contributed by atoms with Crippen LogP contribution in [0.1, 0.15) is 22.5 Å². The maximum Gasteiger partial charge on any atom is 0.203 e. The van der Waals surface area contributed by atoms with Gasteiger partial charge in [-0.3, -0.25) is 5.43 Å². The Morgan fingerprint density at radius 3 is 2.57 bits per heavy atom. The van der Waals surface area contributed by atoms with Gasteiger partial charge in [-0.15, -0.1) is 22.7 Å². The Morgan fingerprint density at radius 1 is 1.17 bits per heavy atom. The second-order valence-electron chi connectivity index (χ2n) is 5.00. The van der Waals surface area contributed by atoms with Crippen molar-refractivity contribution in [2.45, 2.75) is 20.8 Å². The van der Waals surface area contributed by atoms with Crippen molar-refractivity contribution in [3.63, 3.8) is 0 Å². The highest BCUT2D eigenvalue weighted by molar-refractivity contribution is 9.10. The van der Waals surface area contributed by atoms with Gasteiger partial charge in [-0.2, -0.15) is 5.10 Å². The van der Waals surface area contributed by atoms with Crippen molar-refractivity contribution >= 4 is 49.4 Å². The minimum absolute atomic E-state index is 0.779. The van der Waals surface area contributed by atoms with Crippen molar-refractivity contribution < 1.29 is 0 Å². The van der Waals surface area contributed by atoms with E-state index in [0.717, 1.165) is 42.2 Å². The minimum atomic E-state index is 0.779. The van der Waals surface area contributed by atoms with E-state index in [-0.39, 0.29) is 0 Å². The van der Waals surface area contributed by atoms with Gasteiger partial charge in [0, 0.05) is 15.4 Å². The monoisotopic (exact) mass is 406 g/mol. The summed E-state index contributed by atoms with van der Waals surface area (Å²) in [6.45, 7) is 6.00. The summed E-state index contributed by atoms with van der Waals surface area (Å²) in [4.78, 5) is 10.1. The molecule has 7 heteroatoms. The zero-order chi connectivity index (χ0) is 16.4. The number of anilines is 1. The number of hydrazone groups is 1. The molecule has 0 unspecified atom stereocenters. The van der Waals surface area contributed by atoms with E-state index < -0.39 is 0 Å². The molecule has 2 heterocycles. The lowest BCUT2D eigenvalue weighted by Gasteiger charge is -1.99. The van der Waals surface area contributed by atoms with Crippen molar-refractivity contribution in [3.8, 4) is 11.3 Å². The van der Waals surface area contributed by atoms with E-state index in [9.17, 15) is 0 Å². The smallest absolute Gasteiger partial charge is 0.203 e. The Balaban J connectivity index is 1.75. The SMILES string of the molecule is C/C(=N\Nc1nc(-c2ccc(Br)cc2)cs1)c1sc(C)nc1C. The lowest BCUT2D eigenvalue weighted by molar-refractivity contribution is 1.19. The molecule has 0 fully saturated rings. The number of hydrogen-bond acceptors (Lipinski definition) is 6. The summed E-state index contributed by atoms with van der Waals surface area (Å²) in [5.74, 6) is 0. The zero-order valence-electron chi connectivity index (χ0n) is 12.9. The molecule has 2 aromatic heterocycles. The van der Waals surface area contributed by atoms with Gasteiger partial charge in [0.05, 0.1) is 27.0 Å². The molecule has 3 aromatic rings. The average molecular weight is 407 g/mol. The molecule has 0 amide bonds. The normalized spacial score (nSPS) is 11.7. The number of hydrogen-bond donors (Lipinski definition) is 1. The highest BCUT2D eigenvalue weighted by atomic mass is 79.9. The Morgan fingerprint density at radius 2 is 1.91 bits per heavy atom. The van der Waals surface area contributed by atoms with Crippen LogP contribution in [0.4, 0.5) is 5.13 Å². The molecule has 3 rings (SSSR count). The summed E-state index contributed by atoms with van der Waals surface area (Å²) in [5, 5.41) is 8.30. The van der Waals surface area contributed by atoms with Gasteiger partial charge in [-0.25, -0.2) is 9.97 Å². The largest absolute Gasteiger partial charge is 0.252 e. The third kappa shape index (κ3) is 3.85. The van der Waals surface area contributed by atoms with E-state index >= 15 is 0 Å². The van der Waals surface area contributed by atoms with Crippen LogP contribution < -0.4 is 5.43 Å². The molecule has 0 aliphatic carbocycles. The number of thiazole rings is 2. The molecule has 1 aromatic carbocycles. The number of nitrogens with zero attached hydrogens (tertiary/aromatic N) is 3. The van der Waals surface area contributed by atoms with Crippen LogP contribution in [-0.2, 0) is 0 Å². The molecule has 1 N–H and O–H groups in total. The quantitative estimate of drug-likeness (QED) is 0.460. The van der Waals surface area contributed by atoms with Gasteiger partial charge in [0.1, 0.15) is 0 Å². The Hall–Kier alpha value is -1.57. The predicted octanol–water partition coefficient (Wildman–Crippen LogP) is 5.48. The van der Waals surface area contributed by atoms with Crippen molar-refractivity contribution in [2.75, 3.05) is 5.43 Å². The first-order valence-corrected chi connectivity index (χ1v) is 9.48. The minimum Gasteiger partial charge on any atom is -0.252 e. The fraction of sp³-hybridized carbons (Fsp3) is 0.188. The highest BCUT2D eigenvalue weighted by Crippen LogP contribution is 2.26. The molecular weight excluding hydrogens is 392 g/mol. The van der Waals surface area contributed by atoms with Crippen LogP contribution in [-0.4, -0.2) is 15.7 Å². The van der Waals surface area contributed by atoms with Crippen LogP contribution in [0.2, 0.25) is 0 Å². The van der Waals surface area contributed by atoms with Gasteiger partial charge >= 0.3 is 0 Å². The molecule has 0 bridgehead atoms. The average Bonchev–Trinajstić information content (AvgIpc) is 3.12. The lowest BCUT2D eigenvalue weighted by atomic mass is 10.2. The van der Waals surface area contributed by atoms with Crippen LogP contribution >= 0.6 is 38.6 Å². The number of aromatic nitrogens is 2. The summed E-state index contributed by atoms with van der Waals surface area (Å²) < 4.78 is 1.06. The summed E-state index contributed by atoms with van der Waals surface area (Å²) in [7, 11) is 0. The molecule has 23 heavy (non-hydrogen) atoms. The van der Waals surface area contributed by atoms with Crippen LogP contribution in [0.15, 0.2) is 39.2 Å². The van der Waals surface area contributed by atoms with Gasteiger partial charge in [0.2, 0.25) is 5.13 Å². The van der Waals surface area contributed by atoms with Crippen molar-refractivity contribution in [2.24, 2.45) is 5.10 Å². The fourth-order valence-corrected chi connectivity index (χ4v) is 3.92. The number of benzene rings is 1. The Kier molecular flexibility index (Phi) is 4.89. The number of halogens is 1. The second kappa shape index (κ2) is 6.90. The van der Waals surface area contributed by atoms with Gasteiger partial charge in [0.15, 0.2) is 0 Å². The second-order valence-corrected chi connectivity index (χ2v) is 7.98. The molecule has 0 saturated carbocycles. The zero-order valence-corrected chi connectivity index (χ0v) is 16.1. The maximum absolute atomic E-state index is 4.58. The van der Waals surface area contributed by atoms with E-state index in [0.29, 0.717) is 0 Å². The molecule has 0 spiro atoms. The van der Waals surface area contributed by atoms with Crippen LogP contribution in [0.5, 0.6) is 0 Å². The predicted molar refractivity (Wildman–Crippen MR) is 103 cm³/mol. The molecule has 4 nitrogen and oxygen atoms in total. The Bertz CT molecular complexity index is 849. The first-order valence-electron chi connectivity index (χ1n) is 6.99. The third-order valence-electron chi connectivity index (χ3n) is 3.20. The van der Waals surface area contributed by atoms with Crippen LogP contribution in [0, 0.1) is 13.8 Å². The van der Waals surface area contributed by atoms with Crippen molar-refractivity contribution in [3.05, 3.63) is 49.7 Å².